The van der Waals surface area contributed by atoms with Crippen LogP contribution < -0.4 is 4.89 Å². The Morgan fingerprint density at radius 1 is 0.649 bits per heavy atom. The first-order chi connectivity index (χ1) is 17.9. The molecule has 0 atom stereocenters. The smallest absolute Gasteiger partial charge is 0.338 e. The van der Waals surface area contributed by atoms with Crippen LogP contribution >= 0.6 is 12.9 Å². The standard InChI is InChI=1S/C30H38O6S/c31-27(33-16-29-10-18-1-19(11-29)3-20(2-18)12-29)24-7-25(9-26(8-24)35-36-37)28(32)34-17-30-13-21-4-22(14-30)6-23(5-21)15-30/h7-9,18-23,37H,1-6,10-17H2. The number of benzene rings is 1. The first kappa shape index (κ1) is 24.3. The molecule has 0 aromatic heterocycles. The molecule has 0 heterocycles. The topological polar surface area (TPSA) is 71.1 Å². The molecule has 8 saturated carbocycles. The van der Waals surface area contributed by atoms with E-state index in [4.69, 9.17) is 14.4 Å². The highest BCUT2D eigenvalue weighted by molar-refractivity contribution is 7.74. The third-order valence-corrected chi connectivity index (χ3v) is 10.9. The fraction of sp³-hybridized carbons (Fsp3) is 0.733. The number of hydrogen-bond donors (Lipinski definition) is 1. The van der Waals surface area contributed by atoms with E-state index in [-0.39, 0.29) is 27.7 Å². The molecule has 8 aliphatic carbocycles. The van der Waals surface area contributed by atoms with E-state index >= 15 is 0 Å². The van der Waals surface area contributed by atoms with E-state index in [0.29, 0.717) is 13.2 Å². The molecule has 0 aliphatic heterocycles. The first-order valence-electron chi connectivity index (χ1n) is 14.4. The molecule has 0 spiro atoms. The lowest BCUT2D eigenvalue weighted by Gasteiger charge is -2.56. The van der Waals surface area contributed by atoms with Gasteiger partial charge in [-0.05, 0) is 131 Å². The van der Waals surface area contributed by atoms with Crippen molar-refractivity contribution in [3.8, 4) is 5.75 Å². The van der Waals surface area contributed by atoms with Gasteiger partial charge in [0.2, 0.25) is 0 Å². The number of ether oxygens (including phenoxy) is 2. The Labute approximate surface area is 224 Å². The van der Waals surface area contributed by atoms with Gasteiger partial charge in [-0.3, -0.25) is 0 Å². The van der Waals surface area contributed by atoms with Crippen molar-refractivity contribution < 1.29 is 28.3 Å². The molecule has 0 unspecified atom stereocenters. The van der Waals surface area contributed by atoms with Crippen LogP contribution in [-0.4, -0.2) is 25.2 Å². The molecule has 7 heteroatoms. The third-order valence-electron chi connectivity index (χ3n) is 10.9. The van der Waals surface area contributed by atoms with Crippen molar-refractivity contribution in [2.24, 2.45) is 46.3 Å². The molecule has 8 fully saturated rings. The summed E-state index contributed by atoms with van der Waals surface area (Å²) in [7, 11) is 0. The lowest BCUT2D eigenvalue weighted by Crippen LogP contribution is -2.48. The Kier molecular flexibility index (Phi) is 6.04. The van der Waals surface area contributed by atoms with Crippen LogP contribution in [0.1, 0.15) is 97.8 Å². The van der Waals surface area contributed by atoms with Gasteiger partial charge in [-0.15, -0.1) is 4.33 Å². The lowest BCUT2D eigenvalue weighted by molar-refractivity contribution is -0.0852. The van der Waals surface area contributed by atoms with Crippen molar-refractivity contribution in [3.05, 3.63) is 29.3 Å². The van der Waals surface area contributed by atoms with E-state index in [0.717, 1.165) is 35.5 Å². The van der Waals surface area contributed by atoms with Gasteiger partial charge in [0.05, 0.1) is 24.3 Å². The van der Waals surface area contributed by atoms with Crippen molar-refractivity contribution >= 4 is 24.8 Å². The lowest BCUT2D eigenvalue weighted by atomic mass is 9.50. The van der Waals surface area contributed by atoms with Gasteiger partial charge in [-0.25, -0.2) is 9.59 Å². The Morgan fingerprint density at radius 2 is 1.00 bits per heavy atom. The van der Waals surface area contributed by atoms with Gasteiger partial charge in [-0.1, -0.05) is 0 Å². The van der Waals surface area contributed by atoms with Gasteiger partial charge in [0.15, 0.2) is 5.75 Å². The third kappa shape index (κ3) is 4.69. The first-order valence-corrected chi connectivity index (χ1v) is 14.7. The summed E-state index contributed by atoms with van der Waals surface area (Å²) in [6.45, 7) is 0.907. The molecule has 9 rings (SSSR count). The minimum Gasteiger partial charge on any atom is -0.462 e. The second-order valence-corrected chi connectivity index (χ2v) is 14.0. The molecule has 8 bridgehead atoms. The summed E-state index contributed by atoms with van der Waals surface area (Å²) in [4.78, 5) is 31.4. The Bertz CT molecular complexity index is 933. The van der Waals surface area contributed by atoms with Gasteiger partial charge < -0.3 is 14.4 Å². The predicted octanol–water partition coefficient (Wildman–Crippen LogP) is 6.59. The Balaban J connectivity index is 1.03. The summed E-state index contributed by atoms with van der Waals surface area (Å²) in [5.41, 5.74) is 0.808. The highest BCUT2D eigenvalue weighted by Gasteiger charge is 2.52. The molecule has 0 radical (unpaired) electrons. The molecule has 6 nitrogen and oxygen atoms in total. The van der Waals surface area contributed by atoms with E-state index in [1.807, 2.05) is 0 Å². The maximum absolute atomic E-state index is 13.2. The molecule has 0 N–H and O–H groups in total. The van der Waals surface area contributed by atoms with Gasteiger partial charge >= 0.3 is 11.9 Å². The zero-order chi connectivity index (χ0) is 25.2. The van der Waals surface area contributed by atoms with Gasteiger partial charge in [0.1, 0.15) is 0 Å². The van der Waals surface area contributed by atoms with Crippen molar-refractivity contribution in [2.45, 2.75) is 77.0 Å². The number of thiol groups is 1. The molecular formula is C30H38O6S. The second kappa shape index (κ2) is 9.18. The van der Waals surface area contributed by atoms with E-state index in [1.54, 1.807) is 6.07 Å². The van der Waals surface area contributed by atoms with Crippen LogP contribution in [0.4, 0.5) is 0 Å². The fourth-order valence-electron chi connectivity index (χ4n) is 10.5. The van der Waals surface area contributed by atoms with Crippen molar-refractivity contribution in [1.82, 2.24) is 0 Å². The monoisotopic (exact) mass is 526 g/mol. The van der Waals surface area contributed by atoms with Crippen molar-refractivity contribution in [2.75, 3.05) is 13.2 Å². The summed E-state index contributed by atoms with van der Waals surface area (Å²) >= 11 is 3.67. The van der Waals surface area contributed by atoms with Gasteiger partial charge in [0, 0.05) is 23.7 Å². The zero-order valence-corrected chi connectivity index (χ0v) is 22.4. The highest BCUT2D eigenvalue weighted by Crippen LogP contribution is 2.61. The largest absolute Gasteiger partial charge is 0.462 e. The van der Waals surface area contributed by atoms with Crippen LogP contribution in [0.2, 0.25) is 0 Å². The van der Waals surface area contributed by atoms with Crippen molar-refractivity contribution in [1.29, 1.82) is 0 Å². The molecule has 1 aromatic carbocycles. The van der Waals surface area contributed by atoms with Crippen LogP contribution in [0, 0.1) is 46.3 Å². The summed E-state index contributed by atoms with van der Waals surface area (Å²) < 4.78 is 16.3. The normalized spacial score (nSPS) is 40.6. The second-order valence-electron chi connectivity index (χ2n) is 13.9. The minimum atomic E-state index is -0.435. The number of rotatable bonds is 8. The number of carbonyl (C=O) groups excluding carboxylic acids is 2. The van der Waals surface area contributed by atoms with E-state index in [1.165, 1.54) is 89.2 Å². The van der Waals surface area contributed by atoms with Gasteiger partial charge in [0.25, 0.3) is 0 Å². The van der Waals surface area contributed by atoms with Crippen LogP contribution in [0.5, 0.6) is 5.75 Å². The summed E-state index contributed by atoms with van der Waals surface area (Å²) in [6, 6.07) is 4.64. The molecule has 0 saturated heterocycles. The van der Waals surface area contributed by atoms with E-state index in [9.17, 15) is 9.59 Å². The number of hydrogen-bond acceptors (Lipinski definition) is 7. The maximum Gasteiger partial charge on any atom is 0.338 e. The molecule has 0 amide bonds. The minimum absolute atomic E-state index is 0.131. The Hall–Kier alpha value is -1.73. The highest BCUT2D eigenvalue weighted by atomic mass is 32.1. The molecular weight excluding hydrogens is 488 g/mol. The SMILES string of the molecule is O=C(OCC12CC3CC(CC(C3)C1)C2)c1cc(OOS)cc(C(=O)OCC23CC4CC(CC(C4)C2)C3)c1. The van der Waals surface area contributed by atoms with E-state index in [2.05, 4.69) is 17.2 Å². The van der Waals surface area contributed by atoms with Crippen LogP contribution in [0.25, 0.3) is 0 Å². The average molecular weight is 527 g/mol. The summed E-state index contributed by atoms with van der Waals surface area (Å²) in [6.07, 6.45) is 15.1. The average Bonchev–Trinajstić information content (AvgIpc) is 2.84. The van der Waals surface area contributed by atoms with Crippen LogP contribution in [-0.2, 0) is 13.8 Å². The molecule has 200 valence electrons. The fourth-order valence-corrected chi connectivity index (χ4v) is 10.5. The molecule has 37 heavy (non-hydrogen) atoms. The summed E-state index contributed by atoms with van der Waals surface area (Å²) in [5.74, 6) is 4.13. The quantitative estimate of drug-likeness (QED) is 0.136. The molecule has 8 aliphatic rings. The predicted molar refractivity (Wildman–Crippen MR) is 139 cm³/mol. The van der Waals surface area contributed by atoms with Crippen LogP contribution in [0.3, 0.4) is 0 Å². The number of esters is 2. The maximum atomic E-state index is 13.2. The zero-order valence-electron chi connectivity index (χ0n) is 21.5. The van der Waals surface area contributed by atoms with Crippen molar-refractivity contribution in [3.63, 3.8) is 0 Å². The summed E-state index contributed by atoms with van der Waals surface area (Å²) in [5, 5.41) is 0. The van der Waals surface area contributed by atoms with E-state index < -0.39 is 11.9 Å². The molecule has 1 aromatic rings. The Morgan fingerprint density at radius 3 is 1.32 bits per heavy atom. The van der Waals surface area contributed by atoms with Gasteiger partial charge in [-0.2, -0.15) is 0 Å². The number of carbonyl (C=O) groups is 2. The van der Waals surface area contributed by atoms with Crippen LogP contribution in [0.15, 0.2) is 18.2 Å².